The Morgan fingerprint density at radius 3 is 1.02 bits per heavy atom. The third kappa shape index (κ3) is 15.0. The number of pyridine rings is 3. The predicted octanol–water partition coefficient (Wildman–Crippen LogP) is 10.7. The lowest BCUT2D eigenvalue weighted by Gasteiger charge is -2.19. The average molecular weight is 1350 g/mol. The normalized spacial score (nSPS) is 13.2. The molecule has 0 saturated heterocycles. The number of alkyl halides is 24. The molecule has 0 amide bonds. The van der Waals surface area contributed by atoms with Gasteiger partial charge in [0.25, 0.3) is 16.7 Å². The highest BCUT2D eigenvalue weighted by atomic mass is 19.4. The number of aliphatic hydroxyl groups excluding tert-OH is 1. The van der Waals surface area contributed by atoms with Crippen LogP contribution in [0, 0.1) is 0 Å². The summed E-state index contributed by atoms with van der Waals surface area (Å²) in [6.45, 7) is -6.12. The van der Waals surface area contributed by atoms with Crippen molar-refractivity contribution in [3.63, 3.8) is 0 Å². The van der Waals surface area contributed by atoms with Crippen LogP contribution in [0.25, 0.3) is 50.3 Å². The number of fused-ring (bicyclic) bond motifs is 3. The summed E-state index contributed by atoms with van der Waals surface area (Å²) in [6.07, 6.45) is -26.4. The second-order valence-electron chi connectivity index (χ2n) is 19.5. The first-order valence-electron chi connectivity index (χ1n) is 24.6. The Kier molecular flexibility index (Phi) is 18.8. The van der Waals surface area contributed by atoms with Crippen molar-refractivity contribution in [3.8, 4) is 33.4 Å². The van der Waals surface area contributed by atoms with Crippen LogP contribution < -0.4 is 16.7 Å². The summed E-state index contributed by atoms with van der Waals surface area (Å²) in [4.78, 5) is 60.9. The lowest BCUT2D eigenvalue weighted by molar-refractivity contribution is -0.287. The van der Waals surface area contributed by atoms with Gasteiger partial charge >= 0.3 is 54.8 Å². The van der Waals surface area contributed by atoms with Crippen LogP contribution in [0.4, 0.5) is 105 Å². The second kappa shape index (κ2) is 24.7. The van der Waals surface area contributed by atoms with Crippen molar-refractivity contribution < 1.29 is 115 Å². The predicted molar refractivity (Wildman–Crippen MR) is 265 cm³/mol. The minimum Gasteiger partial charge on any atom is -0.392 e. The quantitative estimate of drug-likeness (QED) is 0.0848. The molecule has 42 heteroatoms. The molecule has 1 N–H and O–H groups in total. The van der Waals surface area contributed by atoms with Crippen molar-refractivity contribution in [1.82, 2.24) is 62.4 Å². The van der Waals surface area contributed by atoms with E-state index in [0.29, 0.717) is 64.4 Å². The number of aldehydes is 1. The first-order valence-corrected chi connectivity index (χ1v) is 24.6. The zero-order chi connectivity index (χ0) is 69.0. The molecule has 9 aromatic rings. The van der Waals surface area contributed by atoms with Gasteiger partial charge in [-0.25, -0.2) is 15.0 Å². The van der Waals surface area contributed by atoms with E-state index >= 15 is 0 Å². The van der Waals surface area contributed by atoms with Gasteiger partial charge in [0.15, 0.2) is 17.1 Å². The number of rotatable bonds is 13. The van der Waals surface area contributed by atoms with E-state index in [0.717, 1.165) is 35.0 Å². The van der Waals surface area contributed by atoms with Gasteiger partial charge in [0.2, 0.25) is 0 Å². The SMILES string of the molecule is CN(C)Cc1ccn2c(=O)c(-c3cnn(CC(F)(F)C(F)(F)F)c3)c(C(F)(F)F)nc2c1.O=Cc1ccn2c(=O)c(-c3cnn(CC(F)(F)C(F)(F)F)c3)c(C(F)(F)F)nc2c1.O=c1c(-c2cnn(CC(F)(F)C(F)(F)F)c2)c(C(F)(F)F)nc2cc(CO)ccn12. The fourth-order valence-electron chi connectivity index (χ4n) is 8.16. The number of aromatic nitrogens is 12. The lowest BCUT2D eigenvalue weighted by Crippen LogP contribution is -2.40. The van der Waals surface area contributed by atoms with Gasteiger partial charge in [-0.3, -0.25) is 46.4 Å². The van der Waals surface area contributed by atoms with Gasteiger partial charge in [0.05, 0.1) is 41.9 Å². The number of nitrogens with zero attached hydrogens (tertiary/aromatic N) is 13. The number of halogens is 24. The van der Waals surface area contributed by atoms with Gasteiger partial charge in [-0.05, 0) is 61.6 Å². The first kappa shape index (κ1) is 70.1. The molecule has 18 nitrogen and oxygen atoms in total. The van der Waals surface area contributed by atoms with Gasteiger partial charge in [-0.1, -0.05) is 0 Å². The summed E-state index contributed by atoms with van der Waals surface area (Å²) in [5, 5.41) is 18.8. The number of carbonyl (C=O) groups is 1. The van der Waals surface area contributed by atoms with Crippen molar-refractivity contribution in [3.05, 3.63) is 157 Å². The van der Waals surface area contributed by atoms with Gasteiger partial charge in [0.1, 0.15) is 42.9 Å². The molecular formula is C50H33F24N13O5. The fourth-order valence-corrected chi connectivity index (χ4v) is 8.16. The summed E-state index contributed by atoms with van der Waals surface area (Å²) in [6, 6.07) is 7.08. The molecule has 0 aromatic carbocycles. The second-order valence-corrected chi connectivity index (χ2v) is 19.5. The van der Waals surface area contributed by atoms with Gasteiger partial charge in [0, 0.05) is 66.0 Å². The van der Waals surface area contributed by atoms with E-state index in [4.69, 9.17) is 5.11 Å². The van der Waals surface area contributed by atoms with E-state index in [1.165, 1.54) is 24.4 Å². The maximum Gasteiger partial charge on any atom is 0.455 e. The van der Waals surface area contributed by atoms with Crippen molar-refractivity contribution >= 4 is 23.2 Å². The van der Waals surface area contributed by atoms with Gasteiger partial charge in [-0.15, -0.1) is 0 Å². The number of aliphatic hydroxyl groups is 1. The highest BCUT2D eigenvalue weighted by Crippen LogP contribution is 2.42. The highest BCUT2D eigenvalue weighted by Gasteiger charge is 2.60. The smallest absolute Gasteiger partial charge is 0.392 e. The van der Waals surface area contributed by atoms with Crippen molar-refractivity contribution in [2.75, 3.05) is 14.1 Å². The molecule has 0 atom stereocenters. The van der Waals surface area contributed by atoms with E-state index in [9.17, 15) is 125 Å². The Bertz CT molecular complexity index is 4400. The van der Waals surface area contributed by atoms with Crippen LogP contribution in [-0.2, 0) is 51.3 Å². The summed E-state index contributed by atoms with van der Waals surface area (Å²) in [5.74, 6) is -15.6. The van der Waals surface area contributed by atoms with E-state index in [1.807, 2.05) is 0 Å². The number of hydrogen-bond donors (Lipinski definition) is 1. The molecule has 9 rings (SSSR count). The molecule has 0 aliphatic carbocycles. The molecular weight excluding hydrogens is 1320 g/mol. The van der Waals surface area contributed by atoms with Crippen LogP contribution in [0.1, 0.15) is 38.6 Å². The van der Waals surface area contributed by atoms with Crippen LogP contribution in [0.5, 0.6) is 0 Å². The molecule has 9 heterocycles. The van der Waals surface area contributed by atoms with Crippen molar-refractivity contribution in [2.24, 2.45) is 0 Å². The molecule has 0 bridgehead atoms. The lowest BCUT2D eigenvalue weighted by atomic mass is 10.1. The number of carbonyl (C=O) groups excluding carboxylic acids is 1. The Balaban J connectivity index is 0.000000196. The van der Waals surface area contributed by atoms with Gasteiger partial charge < -0.3 is 10.0 Å². The summed E-state index contributed by atoms with van der Waals surface area (Å²) >= 11 is 0. The molecule has 9 aromatic heterocycles. The van der Waals surface area contributed by atoms with Crippen molar-refractivity contribution in [2.45, 2.75) is 87.6 Å². The number of hydrogen-bond acceptors (Lipinski definition) is 12. The van der Waals surface area contributed by atoms with Crippen LogP contribution in [0.3, 0.4) is 0 Å². The maximum atomic E-state index is 13.7. The van der Waals surface area contributed by atoms with Crippen LogP contribution >= 0.6 is 0 Å². The van der Waals surface area contributed by atoms with Crippen LogP contribution in [0.15, 0.2) is 107 Å². The van der Waals surface area contributed by atoms with Gasteiger partial charge in [-0.2, -0.15) is 121 Å². The molecule has 496 valence electrons. The highest BCUT2D eigenvalue weighted by molar-refractivity contribution is 5.77. The van der Waals surface area contributed by atoms with E-state index in [2.05, 4.69) is 30.2 Å². The minimum absolute atomic E-state index is 0.0648. The topological polar surface area (TPSA) is 197 Å². The van der Waals surface area contributed by atoms with Crippen molar-refractivity contribution in [1.29, 1.82) is 0 Å². The molecule has 0 saturated carbocycles. The standard InChI is InChI=1S/C18H15F8N5O.C16H10F8N4O2.C16H8F8N4O2/c1-29(2)7-10-3-4-31-12(5-10)28-14(17(21,22)23)13(15(31)32)11-6-27-30(8-11)9-16(19,20)18(24,25)26;2*17-14(18,16(22,23)24)7-27-5-9(4-25-27)11-12(15(19,20)21)26-10-3-8(6-29)1-2-28(10)13(11)30/h3-6,8H,7,9H2,1-2H3;1-5,29H,6-7H2;1-6H,7H2. The molecule has 0 unspecified atom stereocenters. The fraction of sp³-hybridized carbons (Fsp3) is 0.320. The molecule has 0 aliphatic heterocycles. The third-order valence-electron chi connectivity index (χ3n) is 12.4. The molecule has 0 fully saturated rings. The maximum absolute atomic E-state index is 13.7. The summed E-state index contributed by atoms with van der Waals surface area (Å²) < 4.78 is 315. The van der Waals surface area contributed by atoms with E-state index < -0.39 is 160 Å². The minimum atomic E-state index is -5.91. The Labute approximate surface area is 492 Å². The molecule has 0 aliphatic rings. The Hall–Kier alpha value is -9.38. The molecule has 0 spiro atoms. The Morgan fingerprint density at radius 1 is 0.446 bits per heavy atom. The van der Waals surface area contributed by atoms with E-state index in [-0.39, 0.29) is 30.8 Å². The third-order valence-corrected chi connectivity index (χ3v) is 12.4. The van der Waals surface area contributed by atoms with Crippen LogP contribution in [-0.4, -0.2) is 124 Å². The molecule has 92 heavy (non-hydrogen) atoms. The first-order chi connectivity index (χ1) is 42.1. The zero-order valence-electron chi connectivity index (χ0n) is 45.2. The summed E-state index contributed by atoms with van der Waals surface area (Å²) in [5.41, 5.74) is -14.4. The summed E-state index contributed by atoms with van der Waals surface area (Å²) in [7, 11) is 3.46. The average Bonchev–Trinajstić information content (AvgIpc) is 1.20. The van der Waals surface area contributed by atoms with Crippen LogP contribution in [0.2, 0.25) is 0 Å². The largest absolute Gasteiger partial charge is 0.455 e. The molecule has 0 radical (unpaired) electrons. The monoisotopic (exact) mass is 1350 g/mol. The zero-order valence-corrected chi connectivity index (χ0v) is 45.2. The Morgan fingerprint density at radius 2 is 0.739 bits per heavy atom. The van der Waals surface area contributed by atoms with E-state index in [1.54, 1.807) is 19.0 Å².